The van der Waals surface area contributed by atoms with E-state index in [2.05, 4.69) is 9.99 Å². The molecule has 0 aromatic carbocycles. The zero-order valence-corrected chi connectivity index (χ0v) is 13.9. The number of thioether (sulfide) groups is 2. The largest absolute Gasteiger partial charge is 0.465 e. The van der Waals surface area contributed by atoms with Gasteiger partial charge in [-0.3, -0.25) is 14.5 Å². The van der Waals surface area contributed by atoms with Gasteiger partial charge in [-0.15, -0.1) is 16.9 Å². The van der Waals surface area contributed by atoms with Crippen LogP contribution >= 0.6 is 46.7 Å². The Morgan fingerprint density at radius 2 is 2.25 bits per heavy atom. The monoisotopic (exact) mass is 363 g/mol. The van der Waals surface area contributed by atoms with E-state index in [0.29, 0.717) is 0 Å². The third-order valence-electron chi connectivity index (χ3n) is 2.17. The lowest BCUT2D eigenvalue weighted by molar-refractivity contribution is -0.127. The summed E-state index contributed by atoms with van der Waals surface area (Å²) in [5.74, 6) is -0.577. The van der Waals surface area contributed by atoms with Crippen LogP contribution in [0.2, 0.25) is 0 Å². The Bertz CT molecular complexity index is 437. The maximum atomic E-state index is 13.2. The highest BCUT2D eigenvalue weighted by atomic mass is 35.5. The highest BCUT2D eigenvalue weighted by Crippen LogP contribution is 2.35. The molecule has 0 atom stereocenters. The summed E-state index contributed by atoms with van der Waals surface area (Å²) in [4.78, 5) is 28.7. The van der Waals surface area contributed by atoms with E-state index in [1.807, 2.05) is 0 Å². The fraction of sp³-hybridized carbons (Fsp3) is 0.667. The number of amides is 2. The Morgan fingerprint density at radius 3 is 2.70 bits per heavy atom. The van der Waals surface area contributed by atoms with E-state index in [1.54, 1.807) is 13.8 Å². The Morgan fingerprint density at radius 1 is 1.65 bits per heavy atom. The fourth-order valence-electron chi connectivity index (χ4n) is 1.21. The van der Waals surface area contributed by atoms with Gasteiger partial charge < -0.3 is 0 Å². The van der Waals surface area contributed by atoms with Crippen molar-refractivity contribution in [2.24, 2.45) is 5.16 Å². The first kappa shape index (κ1) is 17.7. The van der Waals surface area contributed by atoms with E-state index < -0.39 is 20.9 Å². The van der Waals surface area contributed by atoms with Crippen LogP contribution < -0.4 is 0 Å². The van der Waals surface area contributed by atoms with Crippen LogP contribution in [0.3, 0.4) is 0 Å². The van der Waals surface area contributed by atoms with Gasteiger partial charge in [0.2, 0.25) is 11.1 Å². The van der Waals surface area contributed by atoms with Gasteiger partial charge in [-0.2, -0.15) is 0 Å². The molecule has 0 saturated carbocycles. The summed E-state index contributed by atoms with van der Waals surface area (Å²) < 4.78 is 11.7. The van der Waals surface area contributed by atoms with Gasteiger partial charge in [0.25, 0.3) is 0 Å². The SMILES string of the molecule is CN1C(=O)C(C)(C)SC1=NOC(=O)N(F)CSC(Cl)Cl. The summed E-state index contributed by atoms with van der Waals surface area (Å²) in [6, 6.07) is 0. The lowest BCUT2D eigenvalue weighted by Crippen LogP contribution is -2.33. The molecule has 1 aliphatic heterocycles. The molecule has 6 nitrogen and oxygen atoms in total. The summed E-state index contributed by atoms with van der Waals surface area (Å²) in [6.45, 7) is 3.42. The first-order chi connectivity index (χ1) is 9.15. The van der Waals surface area contributed by atoms with E-state index in [4.69, 9.17) is 23.2 Å². The molecule has 0 unspecified atom stereocenters. The molecule has 1 aliphatic rings. The van der Waals surface area contributed by atoms with E-state index >= 15 is 0 Å². The number of nitrogens with zero attached hydrogens (tertiary/aromatic N) is 3. The molecular formula is C9H12Cl2FN3O3S2. The molecule has 20 heavy (non-hydrogen) atoms. The average Bonchev–Trinajstić information content (AvgIpc) is 2.56. The van der Waals surface area contributed by atoms with Crippen LogP contribution in [0.1, 0.15) is 13.8 Å². The summed E-state index contributed by atoms with van der Waals surface area (Å²) >= 11 is 12.7. The average molecular weight is 364 g/mol. The lowest BCUT2D eigenvalue weighted by Gasteiger charge is -2.11. The topological polar surface area (TPSA) is 62.2 Å². The second kappa shape index (κ2) is 7.06. The molecule has 0 aromatic heterocycles. The Hall–Kier alpha value is -0.380. The third-order valence-corrected chi connectivity index (χ3v) is 4.77. The lowest BCUT2D eigenvalue weighted by atomic mass is 10.2. The summed E-state index contributed by atoms with van der Waals surface area (Å²) in [6.07, 6.45) is -1.31. The molecule has 11 heteroatoms. The van der Waals surface area contributed by atoms with Gasteiger partial charge in [-0.1, -0.05) is 39.4 Å². The van der Waals surface area contributed by atoms with Crippen LogP contribution in [-0.2, 0) is 9.63 Å². The van der Waals surface area contributed by atoms with Crippen LogP contribution in [0.15, 0.2) is 5.16 Å². The number of rotatable bonds is 4. The number of alkyl halides is 2. The number of amidine groups is 1. The van der Waals surface area contributed by atoms with E-state index in [0.717, 1.165) is 23.5 Å². The van der Waals surface area contributed by atoms with Crippen molar-refractivity contribution in [3.8, 4) is 0 Å². The normalized spacial score (nSPS) is 19.9. The standard InChI is InChI=1S/C9H12Cl2FN3O3S2/c1-9(2)5(16)14(3)7(20-9)13-18-8(17)15(12)4-19-6(10)11/h6H,4H2,1-3H3. The van der Waals surface area contributed by atoms with Crippen molar-refractivity contribution in [3.63, 3.8) is 0 Å². The second-order valence-electron chi connectivity index (χ2n) is 4.13. The fourth-order valence-corrected chi connectivity index (χ4v) is 2.87. The van der Waals surface area contributed by atoms with Crippen LogP contribution in [-0.4, -0.2) is 49.0 Å². The van der Waals surface area contributed by atoms with Crippen molar-refractivity contribution in [2.75, 3.05) is 12.9 Å². The first-order valence-corrected chi connectivity index (χ1v) is 7.98. The third kappa shape index (κ3) is 4.57. The molecule has 0 spiro atoms. The molecule has 2 amide bonds. The van der Waals surface area contributed by atoms with Crippen LogP contribution in [0, 0.1) is 0 Å². The van der Waals surface area contributed by atoms with Gasteiger partial charge in [0, 0.05) is 7.05 Å². The van der Waals surface area contributed by atoms with Crippen LogP contribution in [0.25, 0.3) is 0 Å². The van der Waals surface area contributed by atoms with Gasteiger partial charge in [0.15, 0.2) is 4.17 Å². The molecule has 0 radical (unpaired) electrons. The zero-order valence-electron chi connectivity index (χ0n) is 10.8. The number of halogens is 3. The Labute approximate surface area is 133 Å². The Kier molecular flexibility index (Phi) is 6.24. The van der Waals surface area contributed by atoms with Crippen molar-refractivity contribution >= 4 is 63.9 Å². The molecule has 1 rings (SSSR count). The van der Waals surface area contributed by atoms with Gasteiger partial charge in [-0.05, 0) is 19.0 Å². The number of carbonyl (C=O) groups is 2. The quantitative estimate of drug-likeness (QED) is 0.252. The van der Waals surface area contributed by atoms with E-state index in [9.17, 15) is 14.1 Å². The Balaban J connectivity index is 2.56. The smallest absolute Gasteiger partial charge is 0.293 e. The van der Waals surface area contributed by atoms with Gasteiger partial charge >= 0.3 is 6.09 Å². The molecule has 1 fully saturated rings. The molecular weight excluding hydrogens is 352 g/mol. The summed E-state index contributed by atoms with van der Waals surface area (Å²) in [5.41, 5.74) is 0. The second-order valence-corrected chi connectivity index (χ2v) is 8.39. The van der Waals surface area contributed by atoms with Gasteiger partial charge in [0.05, 0.1) is 4.75 Å². The van der Waals surface area contributed by atoms with Crippen LogP contribution in [0.5, 0.6) is 0 Å². The minimum atomic E-state index is -1.31. The van der Waals surface area contributed by atoms with E-state index in [-0.39, 0.29) is 16.2 Å². The molecule has 1 heterocycles. The first-order valence-electron chi connectivity index (χ1n) is 5.24. The molecule has 1 saturated heterocycles. The predicted molar refractivity (Wildman–Crippen MR) is 79.3 cm³/mol. The van der Waals surface area contributed by atoms with E-state index in [1.165, 1.54) is 11.9 Å². The highest BCUT2D eigenvalue weighted by molar-refractivity contribution is 8.16. The van der Waals surface area contributed by atoms with Crippen molar-refractivity contribution in [3.05, 3.63) is 0 Å². The van der Waals surface area contributed by atoms with Crippen molar-refractivity contribution < 1.29 is 18.9 Å². The molecule has 0 N–H and O–H groups in total. The predicted octanol–water partition coefficient (Wildman–Crippen LogP) is 3.02. The minimum absolute atomic E-state index is 0.182. The van der Waals surface area contributed by atoms with Crippen molar-refractivity contribution in [1.29, 1.82) is 0 Å². The minimum Gasteiger partial charge on any atom is -0.293 e. The van der Waals surface area contributed by atoms with Crippen molar-refractivity contribution in [1.82, 2.24) is 10.0 Å². The number of hydrogen-bond donors (Lipinski definition) is 0. The maximum absolute atomic E-state index is 13.2. The highest BCUT2D eigenvalue weighted by Gasteiger charge is 2.43. The number of carbonyl (C=O) groups excluding carboxylic acids is 2. The molecule has 0 aliphatic carbocycles. The van der Waals surface area contributed by atoms with Crippen molar-refractivity contribution in [2.45, 2.75) is 22.8 Å². The molecule has 0 aromatic rings. The number of oxime groups is 1. The maximum Gasteiger partial charge on any atom is 0.465 e. The summed E-state index contributed by atoms with van der Waals surface area (Å²) in [7, 11) is 1.49. The summed E-state index contributed by atoms with van der Waals surface area (Å²) in [5, 5.41) is 3.44. The van der Waals surface area contributed by atoms with Gasteiger partial charge in [0.1, 0.15) is 5.88 Å². The molecule has 0 bridgehead atoms. The van der Waals surface area contributed by atoms with Gasteiger partial charge in [-0.25, -0.2) is 4.79 Å². The zero-order chi connectivity index (χ0) is 15.5. The van der Waals surface area contributed by atoms with Crippen LogP contribution in [0.4, 0.5) is 9.28 Å². The molecule has 114 valence electrons. The number of hydrogen-bond acceptors (Lipinski definition) is 6.